The molecule has 5 atom stereocenters. The number of aliphatic hydroxyl groups excluding tert-OH is 3. The van der Waals surface area contributed by atoms with E-state index in [4.69, 9.17) is 4.74 Å². The minimum absolute atomic E-state index is 0.309. The van der Waals surface area contributed by atoms with Crippen LogP contribution in [0.5, 0.6) is 0 Å². The Kier molecular flexibility index (Phi) is 4.27. The number of para-hydroxylation sites is 2. The molecule has 7 rings (SSSR count). The molecule has 0 saturated carbocycles. The third-order valence-corrected chi connectivity index (χ3v) is 7.72. The second kappa shape index (κ2) is 7.14. The lowest BCUT2D eigenvalue weighted by molar-refractivity contribution is -0.238. The molecule has 182 valence electrons. The monoisotopic (exact) mass is 485 g/mol. The van der Waals surface area contributed by atoms with Crippen molar-refractivity contribution in [2.75, 3.05) is 7.05 Å². The van der Waals surface area contributed by atoms with Gasteiger partial charge in [-0.05, 0) is 19.1 Å². The van der Waals surface area contributed by atoms with Crippen molar-refractivity contribution in [3.8, 4) is 0 Å². The van der Waals surface area contributed by atoms with Gasteiger partial charge in [-0.1, -0.05) is 36.4 Å². The second-order valence-electron chi connectivity index (χ2n) is 9.65. The highest BCUT2D eigenvalue weighted by molar-refractivity contribution is 6.39. The van der Waals surface area contributed by atoms with E-state index in [1.807, 2.05) is 48.5 Å². The second-order valence-corrected chi connectivity index (χ2v) is 9.65. The van der Waals surface area contributed by atoms with E-state index in [-0.39, 0.29) is 5.91 Å². The van der Waals surface area contributed by atoms with Crippen molar-refractivity contribution >= 4 is 55.4 Å². The Bertz CT molecular complexity index is 1770. The van der Waals surface area contributed by atoms with E-state index in [9.17, 15) is 24.9 Å². The van der Waals surface area contributed by atoms with Crippen LogP contribution in [0.15, 0.2) is 48.5 Å². The summed E-state index contributed by atoms with van der Waals surface area (Å²) >= 11 is 0. The number of imide groups is 1. The topological polar surface area (TPSA) is 128 Å². The number of rotatable bonds is 1. The normalized spacial score (nSPS) is 26.7. The number of aromatic amines is 1. The standard InChI is InChI=1S/C27H23N3O6/c1-11-22(31)23(32)24(33)27(36-11)30-15-10-6-4-8-13(15)17-19-18(25(34)29(2)26(19)35)16-12-7-3-5-9-14(12)28-20(16)21(17)30/h3-11,22-24,27-28,31-33H,1-2H3. The molecule has 4 N–H and O–H groups in total. The first-order valence-electron chi connectivity index (χ1n) is 11.8. The maximum Gasteiger partial charge on any atom is 0.262 e. The van der Waals surface area contributed by atoms with Crippen molar-refractivity contribution in [1.29, 1.82) is 0 Å². The van der Waals surface area contributed by atoms with Crippen molar-refractivity contribution < 1.29 is 29.6 Å². The molecular formula is C27H23N3O6. The molecule has 0 spiro atoms. The number of fused-ring (bicyclic) bond motifs is 10. The van der Waals surface area contributed by atoms with Crippen LogP contribution < -0.4 is 0 Å². The van der Waals surface area contributed by atoms with Crippen LogP contribution in [0.25, 0.3) is 43.6 Å². The number of H-pyrrole nitrogens is 1. The van der Waals surface area contributed by atoms with E-state index >= 15 is 0 Å². The molecule has 1 fully saturated rings. The van der Waals surface area contributed by atoms with Crippen molar-refractivity contribution in [3.05, 3.63) is 59.7 Å². The van der Waals surface area contributed by atoms with Gasteiger partial charge in [-0.25, -0.2) is 0 Å². The Labute approximate surface area is 204 Å². The molecule has 3 aromatic carbocycles. The molecule has 0 aliphatic carbocycles. The highest BCUT2D eigenvalue weighted by Crippen LogP contribution is 2.46. The van der Waals surface area contributed by atoms with E-state index in [2.05, 4.69) is 4.98 Å². The van der Waals surface area contributed by atoms with Gasteiger partial charge in [0.15, 0.2) is 6.23 Å². The van der Waals surface area contributed by atoms with Gasteiger partial charge in [-0.15, -0.1) is 0 Å². The minimum atomic E-state index is -1.44. The Hall–Kier alpha value is -3.76. The molecule has 2 amide bonds. The van der Waals surface area contributed by atoms with E-state index in [0.29, 0.717) is 43.8 Å². The van der Waals surface area contributed by atoms with Gasteiger partial charge in [0.25, 0.3) is 11.8 Å². The van der Waals surface area contributed by atoms with Crippen molar-refractivity contribution in [2.45, 2.75) is 37.6 Å². The van der Waals surface area contributed by atoms with Gasteiger partial charge in [0.05, 0.1) is 33.8 Å². The van der Waals surface area contributed by atoms with Crippen LogP contribution in [0.3, 0.4) is 0 Å². The van der Waals surface area contributed by atoms with E-state index in [0.717, 1.165) is 15.8 Å². The molecule has 0 bridgehead atoms. The third-order valence-electron chi connectivity index (χ3n) is 7.72. The summed E-state index contributed by atoms with van der Waals surface area (Å²) < 4.78 is 7.85. The van der Waals surface area contributed by atoms with Crippen LogP contribution in [0, 0.1) is 0 Å². The number of hydrogen-bond donors (Lipinski definition) is 4. The number of carbonyl (C=O) groups is 2. The number of aromatic nitrogens is 2. The van der Waals surface area contributed by atoms with Crippen molar-refractivity contribution in [1.82, 2.24) is 14.5 Å². The van der Waals surface area contributed by atoms with Crippen LogP contribution in [0.2, 0.25) is 0 Å². The molecule has 36 heavy (non-hydrogen) atoms. The zero-order valence-electron chi connectivity index (χ0n) is 19.5. The van der Waals surface area contributed by atoms with Gasteiger partial charge in [-0.3, -0.25) is 14.5 Å². The summed E-state index contributed by atoms with van der Waals surface area (Å²) in [5, 5.41) is 34.7. The van der Waals surface area contributed by atoms with Crippen LogP contribution in [0.4, 0.5) is 0 Å². The van der Waals surface area contributed by atoms with Crippen molar-refractivity contribution in [2.24, 2.45) is 0 Å². The van der Waals surface area contributed by atoms with E-state index in [1.165, 1.54) is 7.05 Å². The Morgan fingerprint density at radius 2 is 1.47 bits per heavy atom. The summed E-state index contributed by atoms with van der Waals surface area (Å²) in [7, 11) is 1.48. The fraction of sp³-hybridized carbons (Fsp3) is 0.259. The number of hydrogen-bond acceptors (Lipinski definition) is 6. The van der Waals surface area contributed by atoms with E-state index < -0.39 is 36.6 Å². The SMILES string of the molecule is CC1OC(n2c3ccccc3c3c4c(c5c6ccccc6[nH]c5c32)C(=O)N(C)C4=O)C(O)C(O)C1O. The number of nitrogens with zero attached hydrogens (tertiary/aromatic N) is 2. The maximum absolute atomic E-state index is 13.5. The summed E-state index contributed by atoms with van der Waals surface area (Å²) in [6.45, 7) is 1.63. The van der Waals surface area contributed by atoms with Crippen molar-refractivity contribution in [3.63, 3.8) is 0 Å². The van der Waals surface area contributed by atoms with E-state index in [1.54, 1.807) is 11.5 Å². The average molecular weight is 485 g/mol. The Morgan fingerprint density at radius 1 is 0.833 bits per heavy atom. The average Bonchev–Trinajstić information content (AvgIpc) is 3.50. The third kappa shape index (κ3) is 2.47. The molecule has 2 aliphatic heterocycles. The molecule has 5 unspecified atom stereocenters. The predicted octanol–water partition coefficient (Wildman–Crippen LogP) is 2.65. The lowest BCUT2D eigenvalue weighted by atomic mass is 9.96. The number of benzene rings is 3. The Balaban J connectivity index is 1.73. The number of ether oxygens (including phenoxy) is 1. The highest BCUT2D eigenvalue weighted by Gasteiger charge is 2.45. The molecule has 5 aromatic rings. The summed E-state index contributed by atoms with van der Waals surface area (Å²) in [5.41, 5.74) is 3.32. The fourth-order valence-corrected chi connectivity index (χ4v) is 5.95. The quantitative estimate of drug-likeness (QED) is 0.270. The van der Waals surface area contributed by atoms with Gasteiger partial charge in [0.2, 0.25) is 0 Å². The largest absolute Gasteiger partial charge is 0.388 e. The first-order valence-corrected chi connectivity index (χ1v) is 11.8. The summed E-state index contributed by atoms with van der Waals surface area (Å²) in [6, 6.07) is 15.0. The number of carbonyl (C=O) groups excluding carboxylic acids is 2. The van der Waals surface area contributed by atoms with Gasteiger partial charge in [0.1, 0.15) is 18.3 Å². The molecular weight excluding hydrogens is 462 g/mol. The lowest BCUT2D eigenvalue weighted by Gasteiger charge is -2.40. The van der Waals surface area contributed by atoms with Gasteiger partial charge in [-0.2, -0.15) is 0 Å². The van der Waals surface area contributed by atoms with Crippen LogP contribution in [-0.2, 0) is 4.74 Å². The summed E-state index contributed by atoms with van der Waals surface area (Å²) in [4.78, 5) is 31.4. The minimum Gasteiger partial charge on any atom is -0.388 e. The van der Waals surface area contributed by atoms with Gasteiger partial charge >= 0.3 is 0 Å². The van der Waals surface area contributed by atoms with Crippen LogP contribution in [0.1, 0.15) is 33.9 Å². The smallest absolute Gasteiger partial charge is 0.262 e. The molecule has 0 radical (unpaired) electrons. The Morgan fingerprint density at radius 3 is 2.22 bits per heavy atom. The first-order chi connectivity index (χ1) is 17.3. The lowest BCUT2D eigenvalue weighted by Crippen LogP contribution is -2.54. The van der Waals surface area contributed by atoms with Gasteiger partial charge < -0.3 is 29.6 Å². The molecule has 2 aromatic heterocycles. The zero-order chi connectivity index (χ0) is 25.0. The highest BCUT2D eigenvalue weighted by atomic mass is 16.5. The molecule has 4 heterocycles. The molecule has 2 aliphatic rings. The number of aliphatic hydroxyl groups is 3. The maximum atomic E-state index is 13.5. The fourth-order valence-electron chi connectivity index (χ4n) is 5.95. The molecule has 9 nitrogen and oxygen atoms in total. The molecule has 1 saturated heterocycles. The molecule has 9 heteroatoms. The zero-order valence-corrected chi connectivity index (χ0v) is 19.5. The predicted molar refractivity (Wildman–Crippen MR) is 133 cm³/mol. The number of nitrogens with one attached hydrogen (secondary N) is 1. The first kappa shape index (κ1) is 21.5. The summed E-state index contributed by atoms with van der Waals surface area (Å²) in [5.74, 6) is -0.770. The number of amides is 2. The van der Waals surface area contributed by atoms with Gasteiger partial charge in [0, 0.05) is 34.1 Å². The van der Waals surface area contributed by atoms with Crippen LogP contribution in [-0.4, -0.2) is 73.0 Å². The van der Waals surface area contributed by atoms with Crippen LogP contribution >= 0.6 is 0 Å². The summed E-state index contributed by atoms with van der Waals surface area (Å²) in [6.07, 6.45) is -5.95.